The Balaban J connectivity index is 0.904. The number of anilines is 3. The average Bonchev–Trinajstić information content (AvgIpc) is 3.69. The van der Waals surface area contributed by atoms with Crippen molar-refractivity contribution < 1.29 is 0 Å². The van der Waals surface area contributed by atoms with Gasteiger partial charge in [0, 0.05) is 22.4 Å². The molecule has 0 amide bonds. The van der Waals surface area contributed by atoms with Gasteiger partial charge in [-0.25, -0.2) is 0 Å². The van der Waals surface area contributed by atoms with E-state index in [1.165, 1.54) is 140 Å². The van der Waals surface area contributed by atoms with E-state index in [1.54, 1.807) is 11.1 Å². The molecule has 2 spiro atoms. The normalized spacial score (nSPS) is 24.6. The molecule has 0 aromatic heterocycles. The highest BCUT2D eigenvalue weighted by Crippen LogP contribution is 2.94. The van der Waals surface area contributed by atoms with E-state index >= 15 is 0 Å². The molecular formula is C67H55N. The number of benzene rings is 9. The quantitative estimate of drug-likeness (QED) is 0.147. The highest BCUT2D eigenvalue weighted by atomic mass is 15.1. The molecule has 1 nitrogen and oxygen atoms in total. The summed E-state index contributed by atoms with van der Waals surface area (Å²) in [5, 5.41) is 2.77. The minimum atomic E-state index is 0.136. The van der Waals surface area contributed by atoms with Crippen LogP contribution >= 0.6 is 0 Å². The summed E-state index contributed by atoms with van der Waals surface area (Å²) in [6, 6.07) is 78.7. The lowest BCUT2D eigenvalue weighted by atomic mass is 9.11. The lowest BCUT2D eigenvalue weighted by molar-refractivity contribution is -0.412. The predicted molar refractivity (Wildman–Crippen MR) is 283 cm³/mol. The molecule has 0 N–H and O–H groups in total. The van der Waals surface area contributed by atoms with Gasteiger partial charge in [-0.05, 0) is 181 Å². The van der Waals surface area contributed by atoms with Crippen LogP contribution in [0.5, 0.6) is 0 Å². The van der Waals surface area contributed by atoms with Crippen LogP contribution in [0.4, 0.5) is 17.1 Å². The fourth-order valence-corrected chi connectivity index (χ4v) is 16.0. The molecule has 5 fully saturated rings. The molecule has 1 heteroatoms. The van der Waals surface area contributed by atoms with Gasteiger partial charge in [0.1, 0.15) is 0 Å². The summed E-state index contributed by atoms with van der Waals surface area (Å²) in [6.45, 7) is 0. The minimum Gasteiger partial charge on any atom is -0.310 e. The van der Waals surface area contributed by atoms with E-state index in [4.69, 9.17) is 0 Å². The maximum Gasteiger partial charge on any atom is 0.0540 e. The Bertz CT molecular complexity index is 3420. The van der Waals surface area contributed by atoms with Crippen molar-refractivity contribution in [1.29, 1.82) is 0 Å². The molecule has 6 aliphatic rings. The van der Waals surface area contributed by atoms with E-state index in [0.717, 1.165) is 23.7 Å². The van der Waals surface area contributed by atoms with Crippen LogP contribution in [0.25, 0.3) is 66.4 Å². The van der Waals surface area contributed by atoms with Crippen LogP contribution in [0, 0.1) is 29.1 Å². The van der Waals surface area contributed by atoms with Crippen LogP contribution in [0.3, 0.4) is 0 Å². The van der Waals surface area contributed by atoms with Crippen molar-refractivity contribution in [1.82, 2.24) is 0 Å². The van der Waals surface area contributed by atoms with E-state index < -0.39 is 0 Å². The maximum absolute atomic E-state index is 2.66. The molecule has 328 valence electrons. The van der Waals surface area contributed by atoms with E-state index in [1.807, 2.05) is 0 Å². The summed E-state index contributed by atoms with van der Waals surface area (Å²) in [5.41, 5.74) is 22.1. The molecule has 0 bridgehead atoms. The van der Waals surface area contributed by atoms with Gasteiger partial charge in [0.2, 0.25) is 0 Å². The van der Waals surface area contributed by atoms with Crippen molar-refractivity contribution in [2.45, 2.75) is 62.7 Å². The molecule has 0 aliphatic heterocycles. The highest BCUT2D eigenvalue weighted by molar-refractivity contribution is 6.04. The summed E-state index contributed by atoms with van der Waals surface area (Å²) in [5.74, 6) is 4.10. The van der Waals surface area contributed by atoms with Crippen LogP contribution in [-0.4, -0.2) is 0 Å². The first-order valence-electron chi connectivity index (χ1n) is 25.7. The first kappa shape index (κ1) is 39.1. The van der Waals surface area contributed by atoms with Gasteiger partial charge in [0.05, 0.1) is 5.69 Å². The van der Waals surface area contributed by atoms with Crippen LogP contribution in [-0.2, 0) is 5.41 Å². The molecule has 4 unspecified atom stereocenters. The topological polar surface area (TPSA) is 3.24 Å². The summed E-state index contributed by atoms with van der Waals surface area (Å²) in [7, 11) is 0. The lowest BCUT2D eigenvalue weighted by Gasteiger charge is -2.92. The van der Waals surface area contributed by atoms with Gasteiger partial charge >= 0.3 is 0 Å². The Kier molecular flexibility index (Phi) is 8.49. The van der Waals surface area contributed by atoms with Gasteiger partial charge in [-0.3, -0.25) is 0 Å². The third-order valence-corrected chi connectivity index (χ3v) is 18.8. The number of para-hydroxylation sites is 1. The van der Waals surface area contributed by atoms with Crippen LogP contribution in [0.1, 0.15) is 74.0 Å². The standard InChI is InChI=1S/C67H55N/c1-4-16-44(17-5-1)53-36-32-48(38-59(53)46-20-8-3-9-21-46)43-30-33-51(34-31-43)68(62-29-13-11-25-57(62)58-27-15-23-47-22-14-26-54(65(47)58)45-18-6-2-7-19-45)52-35-37-56-55-24-10-12-28-60(55)67(61(56)42-52)63-40-49-39-50-41-64(67)66(49,50)63/h1,3-5,8-17,20-38,42,45,49-50,63-64H,2,6-7,18-19,39-41H2. The summed E-state index contributed by atoms with van der Waals surface area (Å²) in [4.78, 5) is 2.61. The van der Waals surface area contributed by atoms with Gasteiger partial charge < -0.3 is 4.90 Å². The smallest absolute Gasteiger partial charge is 0.0540 e. The maximum atomic E-state index is 2.66. The number of hydrogen-bond donors (Lipinski definition) is 0. The second-order valence-corrected chi connectivity index (χ2v) is 21.3. The Morgan fingerprint density at radius 2 is 0.985 bits per heavy atom. The predicted octanol–water partition coefficient (Wildman–Crippen LogP) is 18.0. The largest absolute Gasteiger partial charge is 0.310 e. The van der Waals surface area contributed by atoms with Gasteiger partial charge in [-0.15, -0.1) is 0 Å². The van der Waals surface area contributed by atoms with Crippen LogP contribution < -0.4 is 4.90 Å². The van der Waals surface area contributed by atoms with E-state index in [0.29, 0.717) is 11.3 Å². The van der Waals surface area contributed by atoms with Crippen LogP contribution in [0.2, 0.25) is 0 Å². The molecule has 0 radical (unpaired) electrons. The van der Waals surface area contributed by atoms with Crippen LogP contribution in [0.15, 0.2) is 206 Å². The molecule has 6 aliphatic carbocycles. The van der Waals surface area contributed by atoms with Crippen molar-refractivity contribution in [3.63, 3.8) is 0 Å². The first-order chi connectivity index (χ1) is 33.7. The Hall–Kier alpha value is -6.96. The number of fused-ring (bicyclic) bond motifs is 8. The minimum absolute atomic E-state index is 0.136. The fraction of sp³-hybridized carbons (Fsp3) is 0.224. The summed E-state index contributed by atoms with van der Waals surface area (Å²) < 4.78 is 0. The van der Waals surface area contributed by atoms with E-state index in [-0.39, 0.29) is 5.41 Å². The van der Waals surface area contributed by atoms with Crippen molar-refractivity contribution in [3.8, 4) is 55.6 Å². The molecule has 15 rings (SSSR count). The zero-order valence-electron chi connectivity index (χ0n) is 38.6. The van der Waals surface area contributed by atoms with E-state index in [9.17, 15) is 0 Å². The molecule has 9 aromatic rings. The first-order valence-corrected chi connectivity index (χ1v) is 25.7. The fourth-order valence-electron chi connectivity index (χ4n) is 16.0. The second kappa shape index (κ2) is 14.8. The Labute approximate surface area is 401 Å². The Morgan fingerprint density at radius 3 is 1.74 bits per heavy atom. The Morgan fingerprint density at radius 1 is 0.382 bits per heavy atom. The molecule has 68 heavy (non-hydrogen) atoms. The monoisotopic (exact) mass is 873 g/mol. The molecule has 4 atom stereocenters. The zero-order valence-corrected chi connectivity index (χ0v) is 38.6. The summed E-state index contributed by atoms with van der Waals surface area (Å²) >= 11 is 0. The van der Waals surface area contributed by atoms with Crippen molar-refractivity contribution in [3.05, 3.63) is 223 Å². The molecular weight excluding hydrogens is 819 g/mol. The third kappa shape index (κ3) is 5.23. The van der Waals surface area contributed by atoms with Gasteiger partial charge in [-0.2, -0.15) is 0 Å². The highest BCUT2D eigenvalue weighted by Gasteiger charge is 2.90. The summed E-state index contributed by atoms with van der Waals surface area (Å²) in [6.07, 6.45) is 10.8. The number of rotatable bonds is 8. The SMILES string of the molecule is c1ccc(-c2ccc(-c3ccc(N(c4ccc5c(c4)C4(c6ccccc6-5)C5CC6CC7CC4C675)c4ccccc4-c4cccc5cccc(C6CCCCC6)c45)cc3)cc2-c2ccccc2)cc1. The van der Waals surface area contributed by atoms with Gasteiger partial charge in [-0.1, -0.05) is 189 Å². The molecule has 0 saturated heterocycles. The number of nitrogens with zero attached hydrogens (tertiary/aromatic N) is 1. The molecule has 5 saturated carbocycles. The molecule has 0 heterocycles. The average molecular weight is 874 g/mol. The van der Waals surface area contributed by atoms with E-state index in [2.05, 4.69) is 211 Å². The molecule has 9 aromatic carbocycles. The van der Waals surface area contributed by atoms with Crippen molar-refractivity contribution in [2.75, 3.05) is 4.90 Å². The zero-order chi connectivity index (χ0) is 44.6. The number of hydrogen-bond acceptors (Lipinski definition) is 1. The van der Waals surface area contributed by atoms with Gasteiger partial charge in [0.15, 0.2) is 0 Å². The lowest BCUT2D eigenvalue weighted by Crippen LogP contribution is -2.88. The van der Waals surface area contributed by atoms with Gasteiger partial charge in [0.25, 0.3) is 0 Å². The van der Waals surface area contributed by atoms with Crippen molar-refractivity contribution in [2.24, 2.45) is 29.1 Å². The van der Waals surface area contributed by atoms with Crippen molar-refractivity contribution >= 4 is 27.8 Å². The third-order valence-electron chi connectivity index (χ3n) is 18.8. The second-order valence-electron chi connectivity index (χ2n) is 21.3.